The van der Waals surface area contributed by atoms with Crippen LogP contribution >= 0.6 is 0 Å². The third-order valence-corrected chi connectivity index (χ3v) is 3.68. The summed E-state index contributed by atoms with van der Waals surface area (Å²) in [6.07, 6.45) is 4.23. The quantitative estimate of drug-likeness (QED) is 0.287. The molecule has 0 spiro atoms. The van der Waals surface area contributed by atoms with Crippen LogP contribution in [0.1, 0.15) is 40.0 Å². The number of benzene rings is 1. The molecule has 0 radical (unpaired) electrons. The number of carbonyl (C=O) groups is 1. The van der Waals surface area contributed by atoms with Crippen molar-refractivity contribution in [1.29, 1.82) is 5.26 Å². The number of anilines is 1. The molecular formula is C21H31N3O4. The van der Waals surface area contributed by atoms with Gasteiger partial charge in [0.2, 0.25) is 0 Å². The number of nitrogens with one attached hydrogen (secondary N) is 2. The number of carbonyl (C=O) groups excluding carboxylic acids is 1. The lowest BCUT2D eigenvalue weighted by Gasteiger charge is -2.12. The molecule has 1 amide bonds. The van der Waals surface area contributed by atoms with Crippen molar-refractivity contribution >= 4 is 11.6 Å². The molecule has 2 N–H and O–H groups in total. The van der Waals surface area contributed by atoms with Gasteiger partial charge in [0.05, 0.1) is 13.2 Å². The molecule has 1 rings (SSSR count). The Morgan fingerprint density at radius 3 is 2.50 bits per heavy atom. The Morgan fingerprint density at radius 2 is 1.82 bits per heavy atom. The Bertz CT molecular complexity index is 668. The zero-order valence-corrected chi connectivity index (χ0v) is 17.0. The van der Waals surface area contributed by atoms with Crippen LogP contribution in [-0.2, 0) is 9.53 Å². The van der Waals surface area contributed by atoms with E-state index < -0.39 is 5.91 Å². The summed E-state index contributed by atoms with van der Waals surface area (Å²) < 4.78 is 16.5. The number of unbranched alkanes of at least 4 members (excludes halogenated alkanes) is 1. The predicted molar refractivity (Wildman–Crippen MR) is 109 cm³/mol. The summed E-state index contributed by atoms with van der Waals surface area (Å²) in [4.78, 5) is 12.1. The molecule has 154 valence electrons. The topological polar surface area (TPSA) is 92.6 Å². The predicted octanol–water partition coefficient (Wildman–Crippen LogP) is 3.63. The second-order valence-corrected chi connectivity index (χ2v) is 5.92. The molecule has 0 saturated carbocycles. The van der Waals surface area contributed by atoms with Gasteiger partial charge in [0, 0.05) is 37.7 Å². The van der Waals surface area contributed by atoms with Crippen molar-refractivity contribution < 1.29 is 19.0 Å². The number of rotatable bonds is 14. The van der Waals surface area contributed by atoms with Crippen molar-refractivity contribution in [2.75, 3.05) is 38.3 Å². The molecule has 0 saturated heterocycles. The van der Waals surface area contributed by atoms with Crippen LogP contribution in [0.3, 0.4) is 0 Å². The van der Waals surface area contributed by atoms with Crippen molar-refractivity contribution in [2.45, 2.75) is 40.0 Å². The van der Waals surface area contributed by atoms with Crippen LogP contribution in [0.5, 0.6) is 11.5 Å². The normalized spacial score (nSPS) is 10.9. The number of nitriles is 1. The smallest absolute Gasteiger partial charge is 0.263 e. The number of nitrogens with zero attached hydrogens (tertiary/aromatic N) is 1. The summed E-state index contributed by atoms with van der Waals surface area (Å²) in [5, 5.41) is 14.9. The number of ether oxygens (including phenoxy) is 3. The van der Waals surface area contributed by atoms with Crippen molar-refractivity contribution in [1.82, 2.24) is 5.32 Å². The first kappa shape index (κ1) is 23.3. The highest BCUT2D eigenvalue weighted by Gasteiger charge is 2.09. The number of hydrogen-bond donors (Lipinski definition) is 2. The summed E-state index contributed by atoms with van der Waals surface area (Å²) in [7, 11) is 0. The van der Waals surface area contributed by atoms with E-state index in [1.165, 1.54) is 6.20 Å². The van der Waals surface area contributed by atoms with Gasteiger partial charge in [-0.25, -0.2) is 0 Å². The summed E-state index contributed by atoms with van der Waals surface area (Å²) in [5.41, 5.74) is 0.690. The molecule has 0 aliphatic carbocycles. The molecule has 0 unspecified atom stereocenters. The van der Waals surface area contributed by atoms with E-state index in [-0.39, 0.29) is 5.57 Å². The SMILES string of the molecule is CCCCOCCCNC(=O)/C(C#N)=C\Nc1ccc(OCC)c(OCC)c1. The Morgan fingerprint density at radius 1 is 1.11 bits per heavy atom. The standard InChI is InChI=1S/C21H31N3O4/c1-4-7-12-26-13-8-11-23-21(25)17(15-22)16-24-18-9-10-19(27-5-2)20(14-18)28-6-3/h9-10,14,16,24H,4-8,11-13H2,1-3H3,(H,23,25)/b17-16-. The number of amides is 1. The van der Waals surface area contributed by atoms with Gasteiger partial charge in [-0.2, -0.15) is 5.26 Å². The van der Waals surface area contributed by atoms with Crippen LogP contribution in [0.2, 0.25) is 0 Å². The molecule has 1 aromatic carbocycles. The van der Waals surface area contributed by atoms with E-state index in [4.69, 9.17) is 14.2 Å². The van der Waals surface area contributed by atoms with Crippen molar-refractivity contribution in [3.63, 3.8) is 0 Å². The second kappa shape index (κ2) is 14.4. The summed E-state index contributed by atoms with van der Waals surface area (Å²) in [5.74, 6) is 0.839. The number of hydrogen-bond acceptors (Lipinski definition) is 6. The molecule has 0 aliphatic heterocycles. The zero-order valence-electron chi connectivity index (χ0n) is 17.0. The fourth-order valence-corrected chi connectivity index (χ4v) is 2.26. The second-order valence-electron chi connectivity index (χ2n) is 5.92. The fourth-order valence-electron chi connectivity index (χ4n) is 2.26. The first-order valence-corrected chi connectivity index (χ1v) is 9.78. The van der Waals surface area contributed by atoms with Crippen molar-refractivity contribution in [3.05, 3.63) is 30.0 Å². The van der Waals surface area contributed by atoms with Crippen LogP contribution in [0.25, 0.3) is 0 Å². The minimum atomic E-state index is -0.417. The molecule has 0 aromatic heterocycles. The van der Waals surface area contributed by atoms with Crippen LogP contribution in [0.4, 0.5) is 5.69 Å². The lowest BCUT2D eigenvalue weighted by atomic mass is 10.2. The van der Waals surface area contributed by atoms with Crippen LogP contribution in [0, 0.1) is 11.3 Å². The van der Waals surface area contributed by atoms with E-state index in [0.29, 0.717) is 50.0 Å². The average molecular weight is 389 g/mol. The van der Waals surface area contributed by atoms with Gasteiger partial charge >= 0.3 is 0 Å². The summed E-state index contributed by atoms with van der Waals surface area (Å²) in [6.45, 7) is 8.74. The van der Waals surface area contributed by atoms with Crippen molar-refractivity contribution in [3.8, 4) is 17.6 Å². The first-order valence-electron chi connectivity index (χ1n) is 9.78. The van der Waals surface area contributed by atoms with Gasteiger partial charge in [0.1, 0.15) is 11.6 Å². The third-order valence-electron chi connectivity index (χ3n) is 3.68. The molecule has 7 nitrogen and oxygen atoms in total. The van der Waals surface area contributed by atoms with E-state index >= 15 is 0 Å². The summed E-state index contributed by atoms with van der Waals surface area (Å²) >= 11 is 0. The van der Waals surface area contributed by atoms with Gasteiger partial charge in [-0.05, 0) is 38.8 Å². The van der Waals surface area contributed by atoms with Crippen molar-refractivity contribution in [2.24, 2.45) is 0 Å². The lowest BCUT2D eigenvalue weighted by molar-refractivity contribution is -0.117. The molecule has 0 fully saturated rings. The highest BCUT2D eigenvalue weighted by atomic mass is 16.5. The lowest BCUT2D eigenvalue weighted by Crippen LogP contribution is -2.26. The van der Waals surface area contributed by atoms with Gasteiger partial charge in [0.15, 0.2) is 11.5 Å². The zero-order chi connectivity index (χ0) is 20.6. The highest BCUT2D eigenvalue weighted by molar-refractivity contribution is 5.97. The monoisotopic (exact) mass is 389 g/mol. The summed E-state index contributed by atoms with van der Waals surface area (Å²) in [6, 6.07) is 7.26. The van der Waals surface area contributed by atoms with E-state index in [9.17, 15) is 10.1 Å². The maximum Gasteiger partial charge on any atom is 0.263 e. The van der Waals surface area contributed by atoms with Gasteiger partial charge in [-0.15, -0.1) is 0 Å². The first-order chi connectivity index (χ1) is 13.7. The minimum Gasteiger partial charge on any atom is -0.490 e. The largest absolute Gasteiger partial charge is 0.490 e. The average Bonchev–Trinajstić information content (AvgIpc) is 2.70. The maximum atomic E-state index is 12.1. The molecule has 0 atom stereocenters. The molecule has 7 heteroatoms. The third kappa shape index (κ3) is 8.78. The Balaban J connectivity index is 2.56. The van der Waals surface area contributed by atoms with Crippen LogP contribution in [0.15, 0.2) is 30.0 Å². The van der Waals surface area contributed by atoms with Gasteiger partial charge in [0.25, 0.3) is 5.91 Å². The Kier molecular flexibility index (Phi) is 12.0. The highest BCUT2D eigenvalue weighted by Crippen LogP contribution is 2.30. The van der Waals surface area contributed by atoms with E-state index in [0.717, 1.165) is 19.4 Å². The molecule has 0 heterocycles. The van der Waals surface area contributed by atoms with Gasteiger partial charge < -0.3 is 24.8 Å². The van der Waals surface area contributed by atoms with E-state index in [2.05, 4.69) is 17.6 Å². The molecule has 28 heavy (non-hydrogen) atoms. The minimum absolute atomic E-state index is 0.00116. The molecule has 0 bridgehead atoms. The Hall–Kier alpha value is -2.72. The maximum absolute atomic E-state index is 12.1. The Labute approximate surface area is 167 Å². The molecule has 1 aromatic rings. The van der Waals surface area contributed by atoms with Gasteiger partial charge in [-0.1, -0.05) is 13.3 Å². The van der Waals surface area contributed by atoms with Crippen LogP contribution < -0.4 is 20.1 Å². The fraction of sp³-hybridized carbons (Fsp3) is 0.524. The van der Waals surface area contributed by atoms with E-state index in [1.807, 2.05) is 19.9 Å². The molecular weight excluding hydrogens is 358 g/mol. The molecule has 0 aliphatic rings. The van der Waals surface area contributed by atoms with E-state index in [1.54, 1.807) is 18.2 Å². The van der Waals surface area contributed by atoms with Gasteiger partial charge in [-0.3, -0.25) is 4.79 Å². The van der Waals surface area contributed by atoms with Crippen LogP contribution in [-0.4, -0.2) is 38.9 Å².